The Hall–Kier alpha value is -2.48. The maximum absolute atomic E-state index is 6.15. The van der Waals surface area contributed by atoms with E-state index >= 15 is 0 Å². The van der Waals surface area contributed by atoms with Gasteiger partial charge in [-0.3, -0.25) is 0 Å². The summed E-state index contributed by atoms with van der Waals surface area (Å²) in [5.41, 5.74) is 4.53. The number of hydrogen-bond donors (Lipinski definition) is 0. The Bertz CT molecular complexity index is 785. The van der Waals surface area contributed by atoms with Crippen LogP contribution < -0.4 is 9.47 Å². The fourth-order valence-corrected chi connectivity index (χ4v) is 3.31. The van der Waals surface area contributed by atoms with Gasteiger partial charge in [0.05, 0.1) is 13.7 Å². The molecule has 0 saturated carbocycles. The summed E-state index contributed by atoms with van der Waals surface area (Å²) in [5, 5.41) is 0. The minimum Gasteiger partial charge on any atom is -0.496 e. The fraction of sp³-hybridized carbons (Fsp3) is 0.407. The van der Waals surface area contributed by atoms with Gasteiger partial charge in [0.25, 0.3) is 0 Å². The molecule has 2 nitrogen and oxygen atoms in total. The van der Waals surface area contributed by atoms with Crippen molar-refractivity contribution in [3.05, 3.63) is 64.7 Å². The maximum atomic E-state index is 6.15. The molecule has 2 rings (SSSR count). The molecule has 0 radical (unpaired) electrons. The maximum Gasteiger partial charge on any atom is 0.127 e. The van der Waals surface area contributed by atoms with Crippen LogP contribution >= 0.6 is 0 Å². The molecule has 0 N–H and O–H groups in total. The lowest BCUT2D eigenvalue weighted by molar-refractivity contribution is 0.303. The molecule has 0 aliphatic heterocycles. The summed E-state index contributed by atoms with van der Waals surface area (Å²) in [6, 6.07) is 12.7. The van der Waals surface area contributed by atoms with E-state index in [1.807, 2.05) is 6.92 Å². The second kappa shape index (κ2) is 12.9. The van der Waals surface area contributed by atoms with Crippen LogP contribution in [0.5, 0.6) is 11.5 Å². The Kier molecular flexibility index (Phi) is 10.1. The van der Waals surface area contributed by atoms with Crippen molar-refractivity contribution in [1.82, 2.24) is 0 Å². The molecule has 0 heterocycles. The smallest absolute Gasteiger partial charge is 0.127 e. The molecule has 0 aromatic heterocycles. The van der Waals surface area contributed by atoms with Crippen molar-refractivity contribution in [3.8, 4) is 11.5 Å². The van der Waals surface area contributed by atoms with E-state index in [0.717, 1.165) is 35.7 Å². The highest BCUT2D eigenvalue weighted by atomic mass is 16.5. The normalized spacial score (nSPS) is 11.4. The summed E-state index contributed by atoms with van der Waals surface area (Å²) in [4.78, 5) is 0. The average molecular weight is 393 g/mol. The Morgan fingerprint density at radius 1 is 0.793 bits per heavy atom. The van der Waals surface area contributed by atoms with E-state index in [1.54, 1.807) is 7.11 Å². The molecule has 156 valence electrons. The number of rotatable bonds is 12. The molecular formula is C27H36O2. The molecule has 0 saturated heterocycles. The van der Waals surface area contributed by atoms with Crippen LogP contribution in [0.25, 0.3) is 18.2 Å². The van der Waals surface area contributed by atoms with E-state index in [-0.39, 0.29) is 0 Å². The SMILES string of the molecule is C/C=C/c1ccc(/C=C/c2cc(OC)c(C)cc2OCCCCCCCC)cc1. The van der Waals surface area contributed by atoms with E-state index in [4.69, 9.17) is 9.47 Å². The van der Waals surface area contributed by atoms with Gasteiger partial charge in [0, 0.05) is 5.56 Å². The first kappa shape index (κ1) is 22.8. The molecule has 29 heavy (non-hydrogen) atoms. The van der Waals surface area contributed by atoms with Crippen molar-refractivity contribution in [2.75, 3.05) is 13.7 Å². The lowest BCUT2D eigenvalue weighted by Gasteiger charge is -2.13. The summed E-state index contributed by atoms with van der Waals surface area (Å²) in [5.74, 6) is 1.82. The Labute approximate surface area is 177 Å². The topological polar surface area (TPSA) is 18.5 Å². The lowest BCUT2D eigenvalue weighted by atomic mass is 10.1. The standard InChI is InChI=1S/C27H36O2/c1-5-7-8-9-10-11-19-29-27-20-22(3)26(28-4)21-25(27)18-17-24-15-13-23(12-6-2)14-16-24/h6,12-18,20-21H,5,7-11,19H2,1-4H3/b12-6+,18-17+. The highest BCUT2D eigenvalue weighted by Gasteiger charge is 2.07. The Morgan fingerprint density at radius 3 is 2.10 bits per heavy atom. The van der Waals surface area contributed by atoms with Crippen molar-refractivity contribution in [2.45, 2.75) is 59.3 Å². The van der Waals surface area contributed by atoms with Crippen LogP contribution in [0.4, 0.5) is 0 Å². The number of allylic oxidation sites excluding steroid dienone is 1. The molecule has 0 aliphatic carbocycles. The molecule has 0 bridgehead atoms. The van der Waals surface area contributed by atoms with E-state index in [0.29, 0.717) is 0 Å². The molecule has 0 amide bonds. The minimum atomic E-state index is 0.761. The van der Waals surface area contributed by atoms with Gasteiger partial charge < -0.3 is 9.47 Å². The van der Waals surface area contributed by atoms with E-state index in [1.165, 1.54) is 43.2 Å². The molecule has 0 aliphatic rings. The van der Waals surface area contributed by atoms with Gasteiger partial charge in [-0.25, -0.2) is 0 Å². The summed E-state index contributed by atoms with van der Waals surface area (Å²) >= 11 is 0. The van der Waals surface area contributed by atoms with E-state index in [2.05, 4.69) is 74.5 Å². The summed E-state index contributed by atoms with van der Waals surface area (Å²) in [6.45, 7) is 7.10. The summed E-state index contributed by atoms with van der Waals surface area (Å²) < 4.78 is 11.7. The van der Waals surface area contributed by atoms with Crippen molar-refractivity contribution in [1.29, 1.82) is 0 Å². The van der Waals surface area contributed by atoms with E-state index in [9.17, 15) is 0 Å². The third-order valence-corrected chi connectivity index (χ3v) is 5.03. The predicted molar refractivity (Wildman–Crippen MR) is 127 cm³/mol. The third kappa shape index (κ3) is 7.81. The molecule has 2 aromatic rings. The monoisotopic (exact) mass is 392 g/mol. The van der Waals surface area contributed by atoms with E-state index < -0.39 is 0 Å². The zero-order chi connectivity index (χ0) is 20.9. The molecule has 2 heteroatoms. The van der Waals surface area contributed by atoms with Crippen LogP contribution in [-0.2, 0) is 0 Å². The molecule has 2 aromatic carbocycles. The predicted octanol–water partition coefficient (Wildman–Crippen LogP) is 7.95. The second-order valence-corrected chi connectivity index (χ2v) is 7.48. The van der Waals surface area contributed by atoms with Gasteiger partial charge in [0.15, 0.2) is 0 Å². The number of methoxy groups -OCH3 is 1. The van der Waals surface area contributed by atoms with Crippen molar-refractivity contribution < 1.29 is 9.47 Å². The molecule has 0 fully saturated rings. The van der Waals surface area contributed by atoms with Crippen molar-refractivity contribution >= 4 is 18.2 Å². The van der Waals surface area contributed by atoms with Gasteiger partial charge in [-0.05, 0) is 49.1 Å². The van der Waals surface area contributed by atoms with Gasteiger partial charge in [-0.1, -0.05) is 87.6 Å². The number of aryl methyl sites for hydroxylation is 1. The molecule has 0 atom stereocenters. The van der Waals surface area contributed by atoms with Gasteiger partial charge in [0.1, 0.15) is 11.5 Å². The molecular weight excluding hydrogens is 356 g/mol. The van der Waals surface area contributed by atoms with Crippen molar-refractivity contribution in [3.63, 3.8) is 0 Å². The highest BCUT2D eigenvalue weighted by Crippen LogP contribution is 2.30. The lowest BCUT2D eigenvalue weighted by Crippen LogP contribution is -2.00. The highest BCUT2D eigenvalue weighted by molar-refractivity contribution is 5.74. The van der Waals surface area contributed by atoms with Crippen LogP contribution in [0.15, 0.2) is 42.5 Å². The fourth-order valence-electron chi connectivity index (χ4n) is 3.31. The molecule has 0 unspecified atom stereocenters. The quantitative estimate of drug-likeness (QED) is 0.269. The van der Waals surface area contributed by atoms with Crippen LogP contribution in [0.1, 0.15) is 74.6 Å². The number of ether oxygens (including phenoxy) is 2. The van der Waals surface area contributed by atoms with Gasteiger partial charge in [-0.2, -0.15) is 0 Å². The Morgan fingerprint density at radius 2 is 1.45 bits per heavy atom. The van der Waals surface area contributed by atoms with Gasteiger partial charge in [0.2, 0.25) is 0 Å². The van der Waals surface area contributed by atoms with Crippen molar-refractivity contribution in [2.24, 2.45) is 0 Å². The summed E-state index contributed by atoms with van der Waals surface area (Å²) in [7, 11) is 1.71. The minimum absolute atomic E-state index is 0.761. The van der Waals surface area contributed by atoms with Crippen LogP contribution in [0.3, 0.4) is 0 Å². The van der Waals surface area contributed by atoms with Crippen LogP contribution in [-0.4, -0.2) is 13.7 Å². The zero-order valence-electron chi connectivity index (χ0n) is 18.5. The second-order valence-electron chi connectivity index (χ2n) is 7.48. The number of benzene rings is 2. The zero-order valence-corrected chi connectivity index (χ0v) is 18.5. The first-order valence-corrected chi connectivity index (χ1v) is 10.9. The van der Waals surface area contributed by atoms with Crippen LogP contribution in [0, 0.1) is 6.92 Å². The molecule has 0 spiro atoms. The number of hydrogen-bond acceptors (Lipinski definition) is 2. The summed E-state index contributed by atoms with van der Waals surface area (Å²) in [6.07, 6.45) is 16.0. The third-order valence-electron chi connectivity index (χ3n) is 5.03. The Balaban J connectivity index is 2.06. The van der Waals surface area contributed by atoms with Gasteiger partial charge >= 0.3 is 0 Å². The van der Waals surface area contributed by atoms with Crippen LogP contribution in [0.2, 0.25) is 0 Å². The first-order chi connectivity index (χ1) is 14.2. The first-order valence-electron chi connectivity index (χ1n) is 10.9. The number of unbranched alkanes of at least 4 members (excludes halogenated alkanes) is 5. The average Bonchev–Trinajstić information content (AvgIpc) is 2.73. The van der Waals surface area contributed by atoms with Gasteiger partial charge in [-0.15, -0.1) is 0 Å². The largest absolute Gasteiger partial charge is 0.496 e.